The Morgan fingerprint density at radius 1 is 0.528 bits per heavy atom. The third-order valence-corrected chi connectivity index (χ3v) is 7.64. The van der Waals surface area contributed by atoms with E-state index in [9.17, 15) is 30.6 Å². The second-order valence-electron chi connectivity index (χ2n) is 12.3. The van der Waals surface area contributed by atoms with Gasteiger partial charge in [-0.2, -0.15) is 0 Å². The van der Waals surface area contributed by atoms with E-state index in [-0.39, 0.29) is 24.0 Å². The van der Waals surface area contributed by atoms with E-state index in [0.717, 1.165) is 60.8 Å². The predicted molar refractivity (Wildman–Crippen MR) is 144 cm³/mol. The first-order valence-electron chi connectivity index (χ1n) is 13.6. The summed E-state index contributed by atoms with van der Waals surface area (Å²) >= 11 is 0. The number of aliphatic hydroxyl groups excluding tert-OH is 6. The summed E-state index contributed by atoms with van der Waals surface area (Å²) in [5, 5.41) is 61.4. The lowest BCUT2D eigenvalue weighted by atomic mass is 9.83. The van der Waals surface area contributed by atoms with E-state index < -0.39 is 24.4 Å². The number of hydrogen-bond acceptors (Lipinski definition) is 6. The first-order chi connectivity index (χ1) is 16.9. The zero-order valence-corrected chi connectivity index (χ0v) is 22.8. The van der Waals surface area contributed by atoms with Crippen LogP contribution < -0.4 is 0 Å². The minimum absolute atomic E-state index is 0.105. The van der Waals surface area contributed by atoms with Crippen LogP contribution in [0, 0.1) is 10.8 Å². The molecule has 0 bridgehead atoms. The van der Waals surface area contributed by atoms with Gasteiger partial charge >= 0.3 is 0 Å². The van der Waals surface area contributed by atoms with Crippen molar-refractivity contribution in [3.05, 3.63) is 46.6 Å². The van der Waals surface area contributed by atoms with Gasteiger partial charge in [0.15, 0.2) is 0 Å². The lowest BCUT2D eigenvalue weighted by molar-refractivity contribution is 0.147. The average Bonchev–Trinajstić information content (AvgIpc) is 2.82. The van der Waals surface area contributed by atoms with Crippen LogP contribution >= 0.6 is 0 Å². The van der Waals surface area contributed by atoms with Crippen LogP contribution in [-0.2, 0) is 0 Å². The van der Waals surface area contributed by atoms with Gasteiger partial charge in [-0.15, -0.1) is 0 Å². The van der Waals surface area contributed by atoms with Crippen molar-refractivity contribution in [2.45, 2.75) is 116 Å². The highest BCUT2D eigenvalue weighted by Crippen LogP contribution is 2.33. The largest absolute Gasteiger partial charge is 0.396 e. The monoisotopic (exact) mass is 506 g/mol. The van der Waals surface area contributed by atoms with Crippen LogP contribution in [0.4, 0.5) is 0 Å². The molecule has 0 amide bonds. The summed E-state index contributed by atoms with van der Waals surface area (Å²) in [4.78, 5) is 0. The molecule has 4 atom stereocenters. The SMILES string of the molecule is CC(C)(CO)CCCCC1=CC(O)C=C(CCC2=CC(O)C=C(CCCCC(C)(C)CO)C2O)C1O. The maximum atomic E-state index is 10.9. The summed E-state index contributed by atoms with van der Waals surface area (Å²) in [6.45, 7) is 8.46. The first kappa shape index (κ1) is 30.9. The molecule has 4 unspecified atom stereocenters. The lowest BCUT2D eigenvalue weighted by Gasteiger charge is -2.28. The van der Waals surface area contributed by atoms with Crippen LogP contribution in [0.5, 0.6) is 0 Å². The topological polar surface area (TPSA) is 121 Å². The van der Waals surface area contributed by atoms with E-state index in [1.165, 1.54) is 0 Å². The van der Waals surface area contributed by atoms with E-state index in [1.54, 1.807) is 24.3 Å². The van der Waals surface area contributed by atoms with Gasteiger partial charge in [0.05, 0.1) is 24.4 Å². The van der Waals surface area contributed by atoms with Crippen molar-refractivity contribution < 1.29 is 30.6 Å². The van der Waals surface area contributed by atoms with Gasteiger partial charge in [0, 0.05) is 13.2 Å². The normalized spacial score (nSPS) is 25.3. The molecule has 6 heteroatoms. The zero-order chi connectivity index (χ0) is 26.9. The maximum Gasteiger partial charge on any atom is 0.0963 e. The van der Waals surface area contributed by atoms with Gasteiger partial charge in [0.2, 0.25) is 0 Å². The molecule has 2 aliphatic carbocycles. The van der Waals surface area contributed by atoms with Gasteiger partial charge in [-0.1, -0.05) is 64.8 Å². The van der Waals surface area contributed by atoms with Gasteiger partial charge < -0.3 is 30.6 Å². The van der Waals surface area contributed by atoms with Gasteiger partial charge in [0.25, 0.3) is 0 Å². The van der Waals surface area contributed by atoms with Crippen molar-refractivity contribution in [3.63, 3.8) is 0 Å². The van der Waals surface area contributed by atoms with Crippen molar-refractivity contribution in [1.29, 1.82) is 0 Å². The van der Waals surface area contributed by atoms with Crippen molar-refractivity contribution in [2.75, 3.05) is 13.2 Å². The quantitative estimate of drug-likeness (QED) is 0.147. The standard InChI is InChI=1S/C30H50O6/c1-29(2,19-31)13-7-5-9-21-15-25(33)17-23(27(21)35)11-12-24-18-26(34)16-22(28(24)36)10-6-8-14-30(3,4)20-32/h15-18,25-28,31-36H,5-14,19-20H2,1-4H3. The molecule has 0 spiro atoms. The van der Waals surface area contributed by atoms with Gasteiger partial charge in [0.1, 0.15) is 0 Å². The van der Waals surface area contributed by atoms with Crippen LogP contribution in [0.15, 0.2) is 46.6 Å². The summed E-state index contributed by atoms with van der Waals surface area (Å²) in [7, 11) is 0. The molecule has 6 nitrogen and oxygen atoms in total. The van der Waals surface area contributed by atoms with Crippen LogP contribution in [-0.4, -0.2) is 68.3 Å². The van der Waals surface area contributed by atoms with Crippen molar-refractivity contribution >= 4 is 0 Å². The summed E-state index contributed by atoms with van der Waals surface area (Å²) in [6, 6.07) is 0. The van der Waals surface area contributed by atoms with E-state index in [1.807, 2.05) is 27.7 Å². The smallest absolute Gasteiger partial charge is 0.0963 e. The Hall–Kier alpha value is -1.28. The molecule has 0 saturated heterocycles. The molecule has 0 fully saturated rings. The highest BCUT2D eigenvalue weighted by molar-refractivity contribution is 5.35. The Labute approximate surface area is 217 Å². The molecular formula is C30H50O6. The Balaban J connectivity index is 1.87. The molecule has 0 radical (unpaired) electrons. The minimum Gasteiger partial charge on any atom is -0.396 e. The van der Waals surface area contributed by atoms with Crippen LogP contribution in [0.1, 0.15) is 91.9 Å². The summed E-state index contributed by atoms with van der Waals surface area (Å²) in [5.74, 6) is 0. The van der Waals surface area contributed by atoms with Crippen LogP contribution in [0.3, 0.4) is 0 Å². The van der Waals surface area contributed by atoms with Gasteiger partial charge in [-0.3, -0.25) is 0 Å². The fourth-order valence-corrected chi connectivity index (χ4v) is 5.01. The Morgan fingerprint density at radius 3 is 1.14 bits per heavy atom. The molecule has 6 N–H and O–H groups in total. The summed E-state index contributed by atoms with van der Waals surface area (Å²) < 4.78 is 0. The van der Waals surface area contributed by atoms with E-state index in [2.05, 4.69) is 0 Å². The lowest BCUT2D eigenvalue weighted by Crippen LogP contribution is -2.25. The van der Waals surface area contributed by atoms with Gasteiger partial charge in [-0.25, -0.2) is 0 Å². The molecule has 0 aliphatic heterocycles. The van der Waals surface area contributed by atoms with Crippen LogP contribution in [0.2, 0.25) is 0 Å². The van der Waals surface area contributed by atoms with Crippen molar-refractivity contribution in [2.24, 2.45) is 10.8 Å². The second-order valence-corrected chi connectivity index (χ2v) is 12.3. The predicted octanol–water partition coefficient (Wildman–Crippen LogP) is 4.10. The Kier molecular flexibility index (Phi) is 12.1. The molecule has 206 valence electrons. The summed E-state index contributed by atoms with van der Waals surface area (Å²) in [6.07, 6.45) is 11.7. The molecule has 2 aliphatic rings. The number of aliphatic hydroxyl groups is 6. The molecule has 0 saturated carbocycles. The highest BCUT2D eigenvalue weighted by Gasteiger charge is 2.26. The molecule has 0 heterocycles. The van der Waals surface area contributed by atoms with Crippen molar-refractivity contribution in [3.8, 4) is 0 Å². The first-order valence-corrected chi connectivity index (χ1v) is 13.6. The molecule has 0 aromatic heterocycles. The van der Waals surface area contributed by atoms with Crippen molar-refractivity contribution in [1.82, 2.24) is 0 Å². The van der Waals surface area contributed by atoms with E-state index in [4.69, 9.17) is 0 Å². The van der Waals surface area contributed by atoms with Crippen LogP contribution in [0.25, 0.3) is 0 Å². The maximum absolute atomic E-state index is 10.9. The molecule has 2 rings (SSSR count). The molecular weight excluding hydrogens is 456 g/mol. The fourth-order valence-electron chi connectivity index (χ4n) is 5.01. The number of hydrogen-bond donors (Lipinski definition) is 6. The Morgan fingerprint density at radius 2 is 0.833 bits per heavy atom. The fraction of sp³-hybridized carbons (Fsp3) is 0.733. The minimum atomic E-state index is -0.740. The van der Waals surface area contributed by atoms with E-state index in [0.29, 0.717) is 25.7 Å². The third kappa shape index (κ3) is 9.88. The molecule has 0 aromatic rings. The molecule has 36 heavy (non-hydrogen) atoms. The average molecular weight is 507 g/mol. The molecule has 0 aromatic carbocycles. The second kappa shape index (κ2) is 14.0. The number of rotatable bonds is 15. The number of unbranched alkanes of at least 4 members (excludes halogenated alkanes) is 2. The van der Waals surface area contributed by atoms with E-state index >= 15 is 0 Å². The highest BCUT2D eigenvalue weighted by atomic mass is 16.3. The summed E-state index contributed by atoms with van der Waals surface area (Å²) in [5.41, 5.74) is 2.94. The third-order valence-electron chi connectivity index (χ3n) is 7.64. The van der Waals surface area contributed by atoms with Gasteiger partial charge in [-0.05, 0) is 84.5 Å². The zero-order valence-electron chi connectivity index (χ0n) is 22.8. The Bertz CT molecular complexity index is 751.